The minimum absolute atomic E-state index is 0.0574. The second-order valence-electron chi connectivity index (χ2n) is 4.23. The first-order valence-corrected chi connectivity index (χ1v) is 5.78. The molecule has 0 saturated heterocycles. The second kappa shape index (κ2) is 5.01. The van der Waals surface area contributed by atoms with E-state index in [4.69, 9.17) is 4.74 Å². The van der Waals surface area contributed by atoms with Crippen molar-refractivity contribution in [1.29, 1.82) is 0 Å². The molecule has 1 aromatic rings. The molecule has 1 N–H and O–H groups in total. The molecule has 1 aliphatic rings. The highest BCUT2D eigenvalue weighted by molar-refractivity contribution is 5.88. The minimum Gasteiger partial charge on any atom is -0.490 e. The normalized spacial score (nSPS) is 16.1. The van der Waals surface area contributed by atoms with Crippen LogP contribution < -0.4 is 10.1 Å². The molecule has 0 radical (unpaired) electrons. The molecule has 0 atom stereocenters. The van der Waals surface area contributed by atoms with Crippen molar-refractivity contribution < 1.29 is 9.53 Å². The van der Waals surface area contributed by atoms with Gasteiger partial charge in [0.15, 0.2) is 0 Å². The number of rotatable bonds is 3. The van der Waals surface area contributed by atoms with Gasteiger partial charge in [0.05, 0.1) is 6.10 Å². The maximum absolute atomic E-state index is 10.9. The lowest BCUT2D eigenvalue weighted by molar-refractivity contribution is -0.114. The molecule has 3 heteroatoms. The van der Waals surface area contributed by atoms with E-state index in [0.29, 0.717) is 6.10 Å². The lowest BCUT2D eigenvalue weighted by Crippen LogP contribution is -2.11. The fourth-order valence-electron chi connectivity index (χ4n) is 2.05. The van der Waals surface area contributed by atoms with E-state index in [1.165, 1.54) is 19.8 Å². The highest BCUT2D eigenvalue weighted by atomic mass is 16.5. The van der Waals surface area contributed by atoms with Gasteiger partial charge in [-0.1, -0.05) is 6.07 Å². The minimum atomic E-state index is -0.0574. The second-order valence-corrected chi connectivity index (χ2v) is 4.23. The first-order valence-electron chi connectivity index (χ1n) is 5.78. The van der Waals surface area contributed by atoms with Crippen LogP contribution in [0.4, 0.5) is 5.69 Å². The summed E-state index contributed by atoms with van der Waals surface area (Å²) in [6.07, 6.45) is 5.16. The maximum Gasteiger partial charge on any atom is 0.221 e. The van der Waals surface area contributed by atoms with Gasteiger partial charge in [-0.15, -0.1) is 0 Å². The summed E-state index contributed by atoms with van der Waals surface area (Å²) in [5.74, 6) is 0.788. The van der Waals surface area contributed by atoms with Crippen LogP contribution >= 0.6 is 0 Å². The van der Waals surface area contributed by atoms with Crippen LogP contribution in [0.25, 0.3) is 0 Å². The van der Waals surface area contributed by atoms with E-state index >= 15 is 0 Å². The smallest absolute Gasteiger partial charge is 0.221 e. The summed E-state index contributed by atoms with van der Waals surface area (Å²) in [7, 11) is 0. The average molecular weight is 219 g/mol. The number of anilines is 1. The highest BCUT2D eigenvalue weighted by Crippen LogP contribution is 2.25. The zero-order chi connectivity index (χ0) is 11.4. The molecular formula is C13H17NO2. The van der Waals surface area contributed by atoms with Gasteiger partial charge >= 0.3 is 0 Å². The molecule has 0 spiro atoms. The predicted octanol–water partition coefficient (Wildman–Crippen LogP) is 2.97. The Hall–Kier alpha value is -1.51. The van der Waals surface area contributed by atoms with Crippen molar-refractivity contribution in [3.63, 3.8) is 0 Å². The van der Waals surface area contributed by atoms with Crippen LogP contribution in [0, 0.1) is 0 Å². The molecule has 0 unspecified atom stereocenters. The third kappa shape index (κ3) is 2.99. The third-order valence-corrected chi connectivity index (χ3v) is 2.76. The Balaban J connectivity index is 2.00. The van der Waals surface area contributed by atoms with Gasteiger partial charge < -0.3 is 10.1 Å². The van der Waals surface area contributed by atoms with Gasteiger partial charge in [0.25, 0.3) is 0 Å². The molecule has 16 heavy (non-hydrogen) atoms. The number of amides is 1. The fourth-order valence-corrected chi connectivity index (χ4v) is 2.05. The van der Waals surface area contributed by atoms with Crippen LogP contribution in [0.5, 0.6) is 5.75 Å². The van der Waals surface area contributed by atoms with Crippen LogP contribution in [-0.2, 0) is 4.79 Å². The Morgan fingerprint density at radius 1 is 1.38 bits per heavy atom. The first kappa shape index (κ1) is 11.0. The molecular weight excluding hydrogens is 202 g/mol. The van der Waals surface area contributed by atoms with Crippen molar-refractivity contribution in [1.82, 2.24) is 0 Å². The van der Waals surface area contributed by atoms with Gasteiger partial charge in [0, 0.05) is 18.7 Å². The van der Waals surface area contributed by atoms with Crippen LogP contribution in [-0.4, -0.2) is 12.0 Å². The van der Waals surface area contributed by atoms with Crippen molar-refractivity contribution in [2.45, 2.75) is 38.7 Å². The predicted molar refractivity (Wildman–Crippen MR) is 63.6 cm³/mol. The van der Waals surface area contributed by atoms with E-state index in [2.05, 4.69) is 5.32 Å². The number of carbonyl (C=O) groups is 1. The van der Waals surface area contributed by atoms with Gasteiger partial charge in [-0.3, -0.25) is 4.79 Å². The fraction of sp³-hybridized carbons (Fsp3) is 0.462. The summed E-state index contributed by atoms with van der Waals surface area (Å²) in [4.78, 5) is 10.9. The lowest BCUT2D eigenvalue weighted by Gasteiger charge is -2.13. The van der Waals surface area contributed by atoms with Gasteiger partial charge in [-0.05, 0) is 37.8 Å². The molecule has 1 aliphatic carbocycles. The van der Waals surface area contributed by atoms with Crippen molar-refractivity contribution in [2.75, 3.05) is 5.32 Å². The molecule has 2 rings (SSSR count). The van der Waals surface area contributed by atoms with Crippen LogP contribution in [0.1, 0.15) is 32.6 Å². The van der Waals surface area contributed by atoms with Crippen molar-refractivity contribution in [3.05, 3.63) is 24.3 Å². The Bertz CT molecular complexity index is 370. The number of hydrogen-bond acceptors (Lipinski definition) is 2. The van der Waals surface area contributed by atoms with Crippen LogP contribution in [0.3, 0.4) is 0 Å². The molecule has 1 fully saturated rings. The number of benzene rings is 1. The van der Waals surface area contributed by atoms with Crippen molar-refractivity contribution in [3.8, 4) is 5.75 Å². The molecule has 3 nitrogen and oxygen atoms in total. The SMILES string of the molecule is CC(=O)Nc1cccc(OC2CCCC2)c1. The third-order valence-electron chi connectivity index (χ3n) is 2.76. The van der Waals surface area contributed by atoms with E-state index in [0.717, 1.165) is 24.3 Å². The van der Waals surface area contributed by atoms with Gasteiger partial charge in [0.2, 0.25) is 5.91 Å². The Morgan fingerprint density at radius 2 is 2.12 bits per heavy atom. The summed E-state index contributed by atoms with van der Waals surface area (Å²) in [6.45, 7) is 1.50. The number of hydrogen-bond donors (Lipinski definition) is 1. The maximum atomic E-state index is 10.9. The molecule has 1 aromatic carbocycles. The Labute approximate surface area is 95.8 Å². The van der Waals surface area contributed by atoms with E-state index < -0.39 is 0 Å². The molecule has 0 aliphatic heterocycles. The average Bonchev–Trinajstić information content (AvgIpc) is 2.70. The zero-order valence-electron chi connectivity index (χ0n) is 9.53. The zero-order valence-corrected chi connectivity index (χ0v) is 9.53. The summed E-state index contributed by atoms with van der Waals surface area (Å²) >= 11 is 0. The van der Waals surface area contributed by atoms with Crippen LogP contribution in [0.15, 0.2) is 24.3 Å². The van der Waals surface area contributed by atoms with Gasteiger partial charge in [-0.2, -0.15) is 0 Å². The summed E-state index contributed by atoms with van der Waals surface area (Å²) in [5.41, 5.74) is 0.794. The largest absolute Gasteiger partial charge is 0.490 e. The topological polar surface area (TPSA) is 38.3 Å². The summed E-state index contributed by atoms with van der Waals surface area (Å²) in [6, 6.07) is 7.57. The molecule has 0 aromatic heterocycles. The molecule has 1 saturated carbocycles. The summed E-state index contributed by atoms with van der Waals surface area (Å²) in [5, 5.41) is 2.75. The van der Waals surface area contributed by atoms with E-state index in [1.807, 2.05) is 24.3 Å². The monoisotopic (exact) mass is 219 g/mol. The lowest BCUT2D eigenvalue weighted by atomic mass is 10.2. The highest BCUT2D eigenvalue weighted by Gasteiger charge is 2.16. The molecule has 0 bridgehead atoms. The van der Waals surface area contributed by atoms with E-state index in [9.17, 15) is 4.79 Å². The van der Waals surface area contributed by atoms with Gasteiger partial charge in [0.1, 0.15) is 5.75 Å². The number of nitrogens with one attached hydrogen (secondary N) is 1. The standard InChI is InChI=1S/C13H17NO2/c1-10(15)14-11-5-4-8-13(9-11)16-12-6-2-3-7-12/h4-5,8-9,12H,2-3,6-7H2,1H3,(H,14,15). The van der Waals surface area contributed by atoms with Crippen LogP contribution in [0.2, 0.25) is 0 Å². The Morgan fingerprint density at radius 3 is 2.81 bits per heavy atom. The molecule has 86 valence electrons. The van der Waals surface area contributed by atoms with E-state index in [-0.39, 0.29) is 5.91 Å². The Kier molecular flexibility index (Phi) is 3.44. The quantitative estimate of drug-likeness (QED) is 0.848. The van der Waals surface area contributed by atoms with Crippen molar-refractivity contribution >= 4 is 11.6 Å². The van der Waals surface area contributed by atoms with Crippen molar-refractivity contribution in [2.24, 2.45) is 0 Å². The number of carbonyl (C=O) groups excluding carboxylic acids is 1. The summed E-state index contributed by atoms with van der Waals surface area (Å²) < 4.78 is 5.85. The molecule has 1 amide bonds. The van der Waals surface area contributed by atoms with E-state index in [1.54, 1.807) is 0 Å². The van der Waals surface area contributed by atoms with Gasteiger partial charge in [-0.25, -0.2) is 0 Å². The first-order chi connectivity index (χ1) is 7.74. The molecule has 0 heterocycles. The number of ether oxygens (including phenoxy) is 1.